The van der Waals surface area contributed by atoms with Crippen LogP contribution in [0.15, 0.2) is 66.7 Å². The Hall–Kier alpha value is -1.86. The summed E-state index contributed by atoms with van der Waals surface area (Å²) < 4.78 is 0. The molecule has 20 heavy (non-hydrogen) atoms. The fourth-order valence-corrected chi connectivity index (χ4v) is 3.69. The molecule has 0 aromatic heterocycles. The Kier molecular flexibility index (Phi) is 3.23. The van der Waals surface area contributed by atoms with E-state index in [1.54, 1.807) is 0 Å². The molecular weight excluding hydrogens is 256 g/mol. The van der Waals surface area contributed by atoms with E-state index in [0.29, 0.717) is 0 Å². The van der Waals surface area contributed by atoms with Gasteiger partial charge in [-0.1, -0.05) is 85.5 Å². The smallest absolute Gasteiger partial charge is 0.0656 e. The first kappa shape index (κ1) is 13.1. The standard InChI is InChI=1S/C19H20Si/c1-20(2,3)19-12-11-17-13-16(9-10-18(17)14-19)15-7-5-4-6-8-15/h4-14H,1-3H3. The van der Waals surface area contributed by atoms with Gasteiger partial charge in [0.25, 0.3) is 0 Å². The first-order chi connectivity index (χ1) is 9.54. The molecule has 0 fully saturated rings. The highest BCUT2D eigenvalue weighted by Crippen LogP contribution is 2.24. The predicted molar refractivity (Wildman–Crippen MR) is 92.4 cm³/mol. The van der Waals surface area contributed by atoms with Crippen molar-refractivity contribution in [2.45, 2.75) is 19.6 Å². The zero-order chi connectivity index (χ0) is 14.2. The van der Waals surface area contributed by atoms with Crippen molar-refractivity contribution < 1.29 is 0 Å². The summed E-state index contributed by atoms with van der Waals surface area (Å²) in [6, 6.07) is 24.3. The first-order valence-corrected chi connectivity index (χ1v) is 10.6. The van der Waals surface area contributed by atoms with Crippen molar-refractivity contribution >= 4 is 24.0 Å². The van der Waals surface area contributed by atoms with Gasteiger partial charge in [0, 0.05) is 0 Å². The van der Waals surface area contributed by atoms with E-state index >= 15 is 0 Å². The second-order valence-corrected chi connectivity index (χ2v) is 11.5. The summed E-state index contributed by atoms with van der Waals surface area (Å²) in [6.07, 6.45) is 0. The van der Waals surface area contributed by atoms with Crippen LogP contribution in [0.5, 0.6) is 0 Å². The van der Waals surface area contributed by atoms with Crippen LogP contribution >= 0.6 is 0 Å². The fraction of sp³-hybridized carbons (Fsp3) is 0.158. The second kappa shape index (κ2) is 4.91. The van der Waals surface area contributed by atoms with Crippen molar-refractivity contribution in [2.75, 3.05) is 0 Å². The van der Waals surface area contributed by atoms with Gasteiger partial charge >= 0.3 is 0 Å². The molecule has 0 aliphatic rings. The molecular formula is C19H20Si. The normalized spacial score (nSPS) is 11.8. The number of rotatable bonds is 2. The fourth-order valence-electron chi connectivity index (χ4n) is 2.52. The van der Waals surface area contributed by atoms with Crippen molar-refractivity contribution in [2.24, 2.45) is 0 Å². The molecule has 0 unspecified atom stereocenters. The van der Waals surface area contributed by atoms with Crippen LogP contribution in [0, 0.1) is 0 Å². The van der Waals surface area contributed by atoms with Crippen LogP contribution in [-0.4, -0.2) is 8.07 Å². The molecule has 0 saturated carbocycles. The number of hydrogen-bond acceptors (Lipinski definition) is 0. The van der Waals surface area contributed by atoms with E-state index in [4.69, 9.17) is 0 Å². The predicted octanol–water partition coefficient (Wildman–Crippen LogP) is 5.05. The number of benzene rings is 3. The monoisotopic (exact) mass is 276 g/mol. The summed E-state index contributed by atoms with van der Waals surface area (Å²) in [4.78, 5) is 0. The maximum atomic E-state index is 2.40. The Balaban J connectivity index is 2.10. The lowest BCUT2D eigenvalue weighted by molar-refractivity contribution is 1.64. The van der Waals surface area contributed by atoms with Gasteiger partial charge in [-0.05, 0) is 28.0 Å². The quantitative estimate of drug-likeness (QED) is 0.574. The summed E-state index contributed by atoms with van der Waals surface area (Å²) in [5.74, 6) is 0. The van der Waals surface area contributed by atoms with Crippen molar-refractivity contribution in [1.29, 1.82) is 0 Å². The molecule has 3 aromatic rings. The third kappa shape index (κ3) is 2.54. The Bertz CT molecular complexity index is 737. The Labute approximate surface area is 122 Å². The largest absolute Gasteiger partial charge is 0.0776 e. The van der Waals surface area contributed by atoms with Crippen LogP contribution in [0.2, 0.25) is 19.6 Å². The summed E-state index contributed by atoms with van der Waals surface area (Å²) in [7, 11) is -1.23. The highest BCUT2D eigenvalue weighted by molar-refractivity contribution is 6.88. The van der Waals surface area contributed by atoms with Crippen LogP contribution < -0.4 is 5.19 Å². The van der Waals surface area contributed by atoms with E-state index in [0.717, 1.165) is 0 Å². The van der Waals surface area contributed by atoms with E-state index < -0.39 is 8.07 Å². The third-order valence-corrected chi connectivity index (χ3v) is 5.86. The van der Waals surface area contributed by atoms with Crippen LogP contribution in [0.25, 0.3) is 21.9 Å². The zero-order valence-corrected chi connectivity index (χ0v) is 13.4. The Morgan fingerprint density at radius 1 is 0.600 bits per heavy atom. The highest BCUT2D eigenvalue weighted by Gasteiger charge is 2.16. The minimum Gasteiger partial charge on any atom is -0.0656 e. The molecule has 0 aliphatic heterocycles. The highest BCUT2D eigenvalue weighted by atomic mass is 28.3. The molecule has 0 heterocycles. The van der Waals surface area contributed by atoms with Crippen LogP contribution in [0.3, 0.4) is 0 Å². The molecule has 0 N–H and O–H groups in total. The van der Waals surface area contributed by atoms with Gasteiger partial charge in [-0.2, -0.15) is 0 Å². The summed E-state index contributed by atoms with van der Waals surface area (Å²) in [5.41, 5.74) is 2.57. The topological polar surface area (TPSA) is 0 Å². The molecule has 0 bridgehead atoms. The third-order valence-electron chi connectivity index (χ3n) is 3.81. The maximum absolute atomic E-state index is 2.40. The van der Waals surface area contributed by atoms with E-state index in [-0.39, 0.29) is 0 Å². The van der Waals surface area contributed by atoms with E-state index in [1.165, 1.54) is 27.1 Å². The van der Waals surface area contributed by atoms with Gasteiger partial charge in [0.2, 0.25) is 0 Å². The molecule has 0 saturated heterocycles. The van der Waals surface area contributed by atoms with Gasteiger partial charge in [0.15, 0.2) is 0 Å². The summed E-state index contributed by atoms with van der Waals surface area (Å²) in [5, 5.41) is 4.20. The van der Waals surface area contributed by atoms with Crippen molar-refractivity contribution in [3.63, 3.8) is 0 Å². The number of hydrogen-bond donors (Lipinski definition) is 0. The lowest BCUT2D eigenvalue weighted by Crippen LogP contribution is -2.37. The maximum Gasteiger partial charge on any atom is 0.0776 e. The molecule has 1 heteroatoms. The van der Waals surface area contributed by atoms with Gasteiger partial charge in [-0.15, -0.1) is 0 Å². The van der Waals surface area contributed by atoms with Crippen molar-refractivity contribution in [3.05, 3.63) is 66.7 Å². The molecule has 0 nitrogen and oxygen atoms in total. The van der Waals surface area contributed by atoms with Crippen LogP contribution in [0.4, 0.5) is 0 Å². The molecule has 100 valence electrons. The second-order valence-electron chi connectivity index (χ2n) is 6.39. The van der Waals surface area contributed by atoms with Crippen molar-refractivity contribution in [1.82, 2.24) is 0 Å². The van der Waals surface area contributed by atoms with Gasteiger partial charge in [0.05, 0.1) is 8.07 Å². The van der Waals surface area contributed by atoms with E-state index in [2.05, 4.69) is 86.4 Å². The average Bonchev–Trinajstić information content (AvgIpc) is 2.46. The first-order valence-electron chi connectivity index (χ1n) is 7.14. The lowest BCUT2D eigenvalue weighted by Gasteiger charge is -2.17. The Morgan fingerprint density at radius 3 is 1.95 bits per heavy atom. The molecule has 0 radical (unpaired) electrons. The van der Waals surface area contributed by atoms with Crippen LogP contribution in [0.1, 0.15) is 0 Å². The number of fused-ring (bicyclic) bond motifs is 1. The molecule has 0 atom stereocenters. The minimum atomic E-state index is -1.23. The van der Waals surface area contributed by atoms with Gasteiger partial charge < -0.3 is 0 Å². The van der Waals surface area contributed by atoms with Gasteiger partial charge in [0.1, 0.15) is 0 Å². The molecule has 0 aliphatic carbocycles. The molecule has 0 amide bonds. The van der Waals surface area contributed by atoms with Gasteiger partial charge in [-0.3, -0.25) is 0 Å². The molecule has 3 aromatic carbocycles. The van der Waals surface area contributed by atoms with Crippen molar-refractivity contribution in [3.8, 4) is 11.1 Å². The summed E-state index contributed by atoms with van der Waals surface area (Å²) in [6.45, 7) is 7.19. The summed E-state index contributed by atoms with van der Waals surface area (Å²) >= 11 is 0. The zero-order valence-electron chi connectivity index (χ0n) is 12.4. The Morgan fingerprint density at radius 2 is 1.25 bits per heavy atom. The minimum absolute atomic E-state index is 1.23. The molecule has 3 rings (SSSR count). The SMILES string of the molecule is C[Si](C)(C)c1ccc2cc(-c3ccccc3)ccc2c1. The van der Waals surface area contributed by atoms with E-state index in [9.17, 15) is 0 Å². The van der Waals surface area contributed by atoms with E-state index in [1.807, 2.05) is 0 Å². The van der Waals surface area contributed by atoms with Crippen LogP contribution in [-0.2, 0) is 0 Å². The lowest BCUT2D eigenvalue weighted by atomic mass is 10.0. The average molecular weight is 276 g/mol. The molecule has 0 spiro atoms. The van der Waals surface area contributed by atoms with Gasteiger partial charge in [-0.25, -0.2) is 0 Å².